The van der Waals surface area contributed by atoms with Crippen molar-refractivity contribution in [2.45, 2.75) is 5.03 Å². The van der Waals surface area contributed by atoms with Gasteiger partial charge in [-0.25, -0.2) is 4.98 Å². The highest BCUT2D eigenvalue weighted by molar-refractivity contribution is 7.99. The molecule has 0 aliphatic heterocycles. The molecule has 4 heteroatoms. The van der Waals surface area contributed by atoms with Gasteiger partial charge >= 0.3 is 0 Å². The minimum atomic E-state index is 0.363. The van der Waals surface area contributed by atoms with Gasteiger partial charge in [-0.3, -0.25) is 0 Å². The summed E-state index contributed by atoms with van der Waals surface area (Å²) in [5.41, 5.74) is 0.574. The Kier molecular flexibility index (Phi) is 3.13. The number of hydrogen-bond donors (Lipinski definition) is 0. The fraction of sp³-hybridized carbons (Fsp3) is 0.125. The first kappa shape index (κ1) is 8.58. The van der Waals surface area contributed by atoms with Crippen LogP contribution in [0.2, 0.25) is 0 Å². The molecule has 12 heavy (non-hydrogen) atoms. The molecule has 0 saturated heterocycles. The lowest BCUT2D eigenvalue weighted by Gasteiger charge is -1.94. The van der Waals surface area contributed by atoms with Crippen LogP contribution in [-0.4, -0.2) is 10.7 Å². The molecule has 0 spiro atoms. The predicted molar refractivity (Wildman–Crippen MR) is 45.3 cm³/mol. The summed E-state index contributed by atoms with van der Waals surface area (Å²) in [6.45, 7) is 0. The van der Waals surface area contributed by atoms with E-state index in [-0.39, 0.29) is 0 Å². The van der Waals surface area contributed by atoms with Gasteiger partial charge in [0.2, 0.25) is 0 Å². The smallest absolute Gasteiger partial charge is 0.0993 e. The van der Waals surface area contributed by atoms with Crippen LogP contribution in [0.1, 0.15) is 5.56 Å². The van der Waals surface area contributed by atoms with E-state index in [4.69, 9.17) is 10.5 Å². The number of thioether (sulfide) groups is 1. The van der Waals surface area contributed by atoms with Crippen molar-refractivity contribution in [3.63, 3.8) is 0 Å². The summed E-state index contributed by atoms with van der Waals surface area (Å²) >= 11 is 1.33. The van der Waals surface area contributed by atoms with E-state index in [9.17, 15) is 0 Å². The van der Waals surface area contributed by atoms with Gasteiger partial charge < -0.3 is 0 Å². The van der Waals surface area contributed by atoms with E-state index in [2.05, 4.69) is 4.98 Å². The minimum absolute atomic E-state index is 0.363. The Bertz CT molecular complexity index is 348. The molecule has 0 fully saturated rings. The van der Waals surface area contributed by atoms with Crippen LogP contribution in [0.3, 0.4) is 0 Å². The molecule has 0 amide bonds. The van der Waals surface area contributed by atoms with E-state index in [1.807, 2.05) is 12.1 Å². The van der Waals surface area contributed by atoms with Crippen LogP contribution >= 0.6 is 11.8 Å². The zero-order chi connectivity index (χ0) is 8.81. The van der Waals surface area contributed by atoms with Crippen LogP contribution in [0.25, 0.3) is 0 Å². The summed E-state index contributed by atoms with van der Waals surface area (Å²) in [7, 11) is 0. The molecule has 1 aromatic rings. The third-order valence-electron chi connectivity index (χ3n) is 1.15. The second-order valence-electron chi connectivity index (χ2n) is 1.94. The van der Waals surface area contributed by atoms with Crippen molar-refractivity contribution < 1.29 is 0 Å². The maximum atomic E-state index is 8.54. The van der Waals surface area contributed by atoms with Crippen LogP contribution < -0.4 is 0 Å². The first-order chi connectivity index (χ1) is 5.86. The van der Waals surface area contributed by atoms with Gasteiger partial charge in [-0.1, -0.05) is 11.8 Å². The normalized spacial score (nSPS) is 8.50. The molecule has 58 valence electrons. The number of pyridine rings is 1. The van der Waals surface area contributed by atoms with Crippen LogP contribution in [0.4, 0.5) is 0 Å². The Morgan fingerprint density at radius 2 is 2.33 bits per heavy atom. The van der Waals surface area contributed by atoms with E-state index in [1.54, 1.807) is 18.3 Å². The third kappa shape index (κ3) is 2.26. The van der Waals surface area contributed by atoms with Gasteiger partial charge in [-0.15, -0.1) is 0 Å². The molecule has 0 atom stereocenters. The van der Waals surface area contributed by atoms with Crippen molar-refractivity contribution >= 4 is 11.8 Å². The second kappa shape index (κ2) is 4.38. The van der Waals surface area contributed by atoms with Crippen molar-refractivity contribution in [2.24, 2.45) is 0 Å². The highest BCUT2D eigenvalue weighted by atomic mass is 32.2. The number of rotatable bonds is 2. The molecular weight excluding hydrogens is 170 g/mol. The lowest BCUT2D eigenvalue weighted by atomic mass is 10.3. The molecule has 0 saturated carbocycles. The maximum Gasteiger partial charge on any atom is 0.0993 e. The summed E-state index contributed by atoms with van der Waals surface area (Å²) < 4.78 is 0. The molecule has 0 radical (unpaired) electrons. The molecule has 0 aliphatic carbocycles. The largest absolute Gasteiger partial charge is 0.250 e. The van der Waals surface area contributed by atoms with Gasteiger partial charge in [0, 0.05) is 6.20 Å². The van der Waals surface area contributed by atoms with Gasteiger partial charge in [0.15, 0.2) is 0 Å². The van der Waals surface area contributed by atoms with Crippen LogP contribution in [0.15, 0.2) is 23.4 Å². The van der Waals surface area contributed by atoms with Crippen LogP contribution in [0, 0.1) is 22.7 Å². The third-order valence-corrected chi connectivity index (χ3v) is 1.94. The fourth-order valence-electron chi connectivity index (χ4n) is 0.664. The summed E-state index contributed by atoms with van der Waals surface area (Å²) in [5.74, 6) is 0.363. The van der Waals surface area contributed by atoms with Crippen molar-refractivity contribution in [1.82, 2.24) is 4.98 Å². The number of nitrogens with zero attached hydrogens (tertiary/aromatic N) is 3. The monoisotopic (exact) mass is 175 g/mol. The van der Waals surface area contributed by atoms with E-state index in [0.29, 0.717) is 11.3 Å². The zero-order valence-electron chi connectivity index (χ0n) is 6.19. The average Bonchev–Trinajstić information content (AvgIpc) is 2.15. The Balaban J connectivity index is 2.76. The van der Waals surface area contributed by atoms with Gasteiger partial charge in [0.25, 0.3) is 0 Å². The van der Waals surface area contributed by atoms with E-state index in [1.165, 1.54) is 11.8 Å². The molecule has 1 heterocycles. The Morgan fingerprint density at radius 3 is 3.00 bits per heavy atom. The van der Waals surface area contributed by atoms with Gasteiger partial charge in [0.1, 0.15) is 0 Å². The van der Waals surface area contributed by atoms with Crippen molar-refractivity contribution in [3.8, 4) is 12.1 Å². The first-order valence-electron chi connectivity index (χ1n) is 3.22. The minimum Gasteiger partial charge on any atom is -0.250 e. The number of hydrogen-bond acceptors (Lipinski definition) is 4. The van der Waals surface area contributed by atoms with Crippen LogP contribution in [0.5, 0.6) is 0 Å². The molecule has 0 unspecified atom stereocenters. The summed E-state index contributed by atoms with van der Waals surface area (Å²) in [6.07, 6.45) is 1.57. The summed E-state index contributed by atoms with van der Waals surface area (Å²) in [5, 5.41) is 17.5. The SMILES string of the molecule is N#CCSc1cc(C#N)ccn1. The first-order valence-corrected chi connectivity index (χ1v) is 4.21. The quantitative estimate of drug-likeness (QED) is 0.640. The van der Waals surface area contributed by atoms with Crippen LogP contribution in [-0.2, 0) is 0 Å². The summed E-state index contributed by atoms with van der Waals surface area (Å²) in [6, 6.07) is 7.31. The molecule has 1 aromatic heterocycles. The lowest BCUT2D eigenvalue weighted by Crippen LogP contribution is -1.82. The van der Waals surface area contributed by atoms with Crippen molar-refractivity contribution in [1.29, 1.82) is 10.5 Å². The predicted octanol–water partition coefficient (Wildman–Crippen LogP) is 1.57. The lowest BCUT2D eigenvalue weighted by molar-refractivity contribution is 1.13. The zero-order valence-corrected chi connectivity index (χ0v) is 7.01. The fourth-order valence-corrected chi connectivity index (χ4v) is 1.22. The Morgan fingerprint density at radius 1 is 1.50 bits per heavy atom. The molecule has 3 nitrogen and oxygen atoms in total. The van der Waals surface area contributed by atoms with Gasteiger partial charge in [-0.05, 0) is 12.1 Å². The molecule has 1 rings (SSSR count). The topological polar surface area (TPSA) is 60.5 Å². The maximum absolute atomic E-state index is 8.54. The summed E-state index contributed by atoms with van der Waals surface area (Å²) in [4.78, 5) is 3.99. The van der Waals surface area contributed by atoms with E-state index in [0.717, 1.165) is 5.03 Å². The highest BCUT2D eigenvalue weighted by Gasteiger charge is 1.95. The second-order valence-corrected chi connectivity index (χ2v) is 2.94. The molecule has 0 aromatic carbocycles. The van der Waals surface area contributed by atoms with E-state index < -0.39 is 0 Å². The van der Waals surface area contributed by atoms with Crippen molar-refractivity contribution in [3.05, 3.63) is 23.9 Å². The molecule has 0 aliphatic rings. The van der Waals surface area contributed by atoms with Crippen molar-refractivity contribution in [2.75, 3.05) is 5.75 Å². The van der Waals surface area contributed by atoms with Gasteiger partial charge in [-0.2, -0.15) is 10.5 Å². The molecule has 0 bridgehead atoms. The highest BCUT2D eigenvalue weighted by Crippen LogP contribution is 2.14. The molecular formula is C8H5N3S. The van der Waals surface area contributed by atoms with E-state index >= 15 is 0 Å². The number of nitriles is 2. The Hall–Kier alpha value is -1.52. The van der Waals surface area contributed by atoms with Gasteiger partial charge in [0.05, 0.1) is 28.5 Å². The average molecular weight is 175 g/mol. The number of aromatic nitrogens is 1. The Labute approximate surface area is 74.7 Å². The standard InChI is InChI=1S/C8H5N3S/c9-2-4-12-8-5-7(6-10)1-3-11-8/h1,3,5H,4H2. The molecule has 0 N–H and O–H groups in total.